The van der Waals surface area contributed by atoms with E-state index in [1.165, 1.54) is 5.69 Å². The predicted octanol–water partition coefficient (Wildman–Crippen LogP) is 5.26. The summed E-state index contributed by atoms with van der Waals surface area (Å²) in [5.41, 5.74) is 3.32. The van der Waals surface area contributed by atoms with Crippen LogP contribution in [0.1, 0.15) is 37.3 Å². The van der Waals surface area contributed by atoms with E-state index >= 15 is 0 Å². The van der Waals surface area contributed by atoms with Gasteiger partial charge in [0.15, 0.2) is 5.11 Å². The number of nitrogens with one attached hydrogen (secondary N) is 1. The van der Waals surface area contributed by atoms with Crippen molar-refractivity contribution in [2.75, 3.05) is 6.54 Å². The lowest BCUT2D eigenvalue weighted by Gasteiger charge is -2.30. The number of nitrogens with zero attached hydrogens (tertiary/aromatic N) is 3. The zero-order chi connectivity index (χ0) is 19.7. The zero-order valence-corrected chi connectivity index (χ0v) is 18.3. The summed E-state index contributed by atoms with van der Waals surface area (Å²) in [4.78, 5) is 6.93. The Bertz CT molecular complexity index is 969. The highest BCUT2D eigenvalue weighted by Gasteiger charge is 2.41. The van der Waals surface area contributed by atoms with Gasteiger partial charge in [0.05, 0.1) is 17.8 Å². The van der Waals surface area contributed by atoms with E-state index in [-0.39, 0.29) is 12.1 Å². The fourth-order valence-corrected chi connectivity index (χ4v) is 4.52. The first-order chi connectivity index (χ1) is 13.5. The third kappa shape index (κ3) is 3.71. The molecule has 4 rings (SSSR count). The Morgan fingerprint density at radius 3 is 2.71 bits per heavy atom. The molecular formula is C22H23BrN4S. The molecule has 0 bridgehead atoms. The van der Waals surface area contributed by atoms with Crippen molar-refractivity contribution < 1.29 is 0 Å². The third-order valence-corrected chi connectivity index (χ3v) is 5.77. The highest BCUT2D eigenvalue weighted by atomic mass is 79.9. The van der Waals surface area contributed by atoms with Crippen molar-refractivity contribution in [3.8, 4) is 5.69 Å². The van der Waals surface area contributed by atoms with Crippen molar-refractivity contribution in [2.24, 2.45) is 5.92 Å². The van der Waals surface area contributed by atoms with Gasteiger partial charge in [-0.15, -0.1) is 0 Å². The molecule has 0 aliphatic carbocycles. The maximum absolute atomic E-state index is 5.74. The minimum atomic E-state index is 0.00764. The van der Waals surface area contributed by atoms with E-state index in [1.54, 1.807) is 0 Å². The van der Waals surface area contributed by atoms with Crippen molar-refractivity contribution >= 4 is 33.3 Å². The van der Waals surface area contributed by atoms with Gasteiger partial charge in [0.1, 0.15) is 0 Å². The molecule has 0 radical (unpaired) electrons. The Morgan fingerprint density at radius 1 is 1.14 bits per heavy atom. The smallest absolute Gasteiger partial charge is 0.170 e. The van der Waals surface area contributed by atoms with E-state index < -0.39 is 0 Å². The molecule has 3 aromatic rings. The first kappa shape index (κ1) is 19.2. The lowest BCUT2D eigenvalue weighted by atomic mass is 10.0. The molecule has 0 unspecified atom stereocenters. The second-order valence-electron chi connectivity index (χ2n) is 7.46. The summed E-state index contributed by atoms with van der Waals surface area (Å²) in [6.45, 7) is 5.34. The van der Waals surface area contributed by atoms with Crippen molar-refractivity contribution in [1.82, 2.24) is 19.8 Å². The molecule has 1 N–H and O–H groups in total. The number of pyridine rings is 1. The van der Waals surface area contributed by atoms with Gasteiger partial charge in [-0.2, -0.15) is 0 Å². The van der Waals surface area contributed by atoms with Gasteiger partial charge >= 0.3 is 0 Å². The Morgan fingerprint density at radius 2 is 2.00 bits per heavy atom. The number of aromatic nitrogens is 2. The molecule has 1 aromatic carbocycles. The molecule has 4 nitrogen and oxygen atoms in total. The van der Waals surface area contributed by atoms with Crippen molar-refractivity contribution in [3.63, 3.8) is 0 Å². The van der Waals surface area contributed by atoms with Crippen LogP contribution in [0, 0.1) is 5.92 Å². The topological polar surface area (TPSA) is 33.1 Å². The Hall–Kier alpha value is -2.18. The summed E-state index contributed by atoms with van der Waals surface area (Å²) >= 11 is 9.33. The van der Waals surface area contributed by atoms with Gasteiger partial charge in [-0.3, -0.25) is 4.98 Å². The second-order valence-corrected chi connectivity index (χ2v) is 8.76. The maximum atomic E-state index is 5.74. The van der Waals surface area contributed by atoms with Gasteiger partial charge in [-0.25, -0.2) is 0 Å². The number of halogens is 1. The van der Waals surface area contributed by atoms with E-state index in [1.807, 2.05) is 24.4 Å². The average Bonchev–Trinajstić information content (AvgIpc) is 3.27. The molecule has 144 valence electrons. The van der Waals surface area contributed by atoms with Crippen LogP contribution in [0.2, 0.25) is 0 Å². The van der Waals surface area contributed by atoms with E-state index in [0.29, 0.717) is 5.92 Å². The number of thiocarbonyl (C=S) groups is 1. The first-order valence-corrected chi connectivity index (χ1v) is 10.7. The number of hydrogen-bond acceptors (Lipinski definition) is 2. The highest BCUT2D eigenvalue weighted by molar-refractivity contribution is 9.10. The Kier molecular flexibility index (Phi) is 5.51. The van der Waals surface area contributed by atoms with E-state index in [2.05, 4.69) is 92.1 Å². The third-order valence-electron chi connectivity index (χ3n) is 4.93. The molecule has 0 spiro atoms. The van der Waals surface area contributed by atoms with Gasteiger partial charge in [-0.1, -0.05) is 41.9 Å². The largest absolute Gasteiger partial charge is 0.352 e. The van der Waals surface area contributed by atoms with Crippen LogP contribution >= 0.6 is 28.1 Å². The van der Waals surface area contributed by atoms with Crippen LogP contribution in [-0.4, -0.2) is 26.1 Å². The van der Waals surface area contributed by atoms with Gasteiger partial charge in [0.25, 0.3) is 0 Å². The molecule has 1 aliphatic rings. The van der Waals surface area contributed by atoms with Crippen molar-refractivity contribution in [2.45, 2.75) is 25.9 Å². The number of hydrogen-bond donors (Lipinski definition) is 1. The molecule has 2 atom stereocenters. The lowest BCUT2D eigenvalue weighted by Crippen LogP contribution is -2.33. The maximum Gasteiger partial charge on any atom is 0.170 e. The molecule has 1 saturated heterocycles. The summed E-state index contributed by atoms with van der Waals surface area (Å²) in [7, 11) is 0. The highest BCUT2D eigenvalue weighted by Crippen LogP contribution is 2.40. The SMILES string of the molecule is CC(C)CN1C(=S)N[C@@H](c2ccccn2)[C@@H]1c1cccn1-c1cccc(Br)c1. The number of rotatable bonds is 5. The van der Waals surface area contributed by atoms with Crippen LogP contribution < -0.4 is 5.32 Å². The average molecular weight is 455 g/mol. The molecule has 0 saturated carbocycles. The van der Waals surface area contributed by atoms with Crippen LogP contribution in [0.5, 0.6) is 0 Å². The molecule has 2 aromatic heterocycles. The molecule has 1 aliphatic heterocycles. The molecule has 1 fully saturated rings. The minimum absolute atomic E-state index is 0.00764. The first-order valence-electron chi connectivity index (χ1n) is 9.46. The van der Waals surface area contributed by atoms with Crippen LogP contribution in [0.4, 0.5) is 0 Å². The van der Waals surface area contributed by atoms with Gasteiger partial charge in [0.2, 0.25) is 0 Å². The Labute approximate surface area is 179 Å². The summed E-state index contributed by atoms with van der Waals surface area (Å²) < 4.78 is 3.30. The second kappa shape index (κ2) is 8.05. The standard InChI is InChI=1S/C22H23BrN4S/c1-15(2)14-27-21(20(25-22(27)28)18-9-3-4-11-24-18)19-10-6-12-26(19)17-8-5-7-16(23)13-17/h3-13,15,20-21H,14H2,1-2H3,(H,25,28)/t20-,21-/m0/s1. The molecule has 0 amide bonds. The van der Waals surface area contributed by atoms with Gasteiger partial charge in [0, 0.05) is 34.8 Å². The fourth-order valence-electron chi connectivity index (χ4n) is 3.81. The quantitative estimate of drug-likeness (QED) is 0.532. The molecule has 3 heterocycles. The molecule has 28 heavy (non-hydrogen) atoms. The summed E-state index contributed by atoms with van der Waals surface area (Å²) in [6.07, 6.45) is 3.96. The zero-order valence-electron chi connectivity index (χ0n) is 15.9. The molecular weight excluding hydrogens is 432 g/mol. The normalized spacial score (nSPS) is 19.3. The van der Waals surface area contributed by atoms with Crippen molar-refractivity contribution in [3.05, 3.63) is 82.9 Å². The monoisotopic (exact) mass is 454 g/mol. The van der Waals surface area contributed by atoms with Crippen LogP contribution in [0.15, 0.2) is 71.5 Å². The van der Waals surface area contributed by atoms with Crippen molar-refractivity contribution in [1.29, 1.82) is 0 Å². The van der Waals surface area contributed by atoms with E-state index in [9.17, 15) is 0 Å². The van der Waals surface area contributed by atoms with Gasteiger partial charge < -0.3 is 14.8 Å². The Balaban J connectivity index is 1.81. The van der Waals surface area contributed by atoms with Gasteiger partial charge in [-0.05, 0) is 60.6 Å². The fraction of sp³-hybridized carbons (Fsp3) is 0.273. The van der Waals surface area contributed by atoms with Crippen LogP contribution in [0.3, 0.4) is 0 Å². The molecule has 6 heteroatoms. The summed E-state index contributed by atoms with van der Waals surface area (Å²) in [5, 5.41) is 4.31. The predicted molar refractivity (Wildman–Crippen MR) is 120 cm³/mol. The summed E-state index contributed by atoms with van der Waals surface area (Å²) in [5.74, 6) is 0.499. The van der Waals surface area contributed by atoms with Crippen LogP contribution in [0.25, 0.3) is 5.69 Å². The lowest BCUT2D eigenvalue weighted by molar-refractivity contribution is 0.280. The minimum Gasteiger partial charge on any atom is -0.352 e. The number of benzene rings is 1. The van der Waals surface area contributed by atoms with E-state index in [4.69, 9.17) is 12.2 Å². The summed E-state index contributed by atoms with van der Waals surface area (Å²) in [6, 6.07) is 18.8. The van der Waals surface area contributed by atoms with E-state index in [0.717, 1.165) is 27.5 Å². The van der Waals surface area contributed by atoms with Crippen LogP contribution in [-0.2, 0) is 0 Å².